The van der Waals surface area contributed by atoms with Crippen LogP contribution in [0.1, 0.15) is 24.5 Å². The van der Waals surface area contributed by atoms with Gasteiger partial charge in [0.25, 0.3) is 0 Å². The van der Waals surface area contributed by atoms with Crippen molar-refractivity contribution < 1.29 is 0 Å². The Balaban J connectivity index is 2.04. The van der Waals surface area contributed by atoms with E-state index in [1.807, 2.05) is 6.08 Å². The minimum absolute atomic E-state index is 0.449. The van der Waals surface area contributed by atoms with Gasteiger partial charge in [0, 0.05) is 12.1 Å². The summed E-state index contributed by atoms with van der Waals surface area (Å²) >= 11 is 0. The number of benzene rings is 2. The van der Waals surface area contributed by atoms with Gasteiger partial charge in [-0.3, -0.25) is 0 Å². The SMILES string of the molecule is C=CCC(C)NC(Cc1ccccc1)Cc1ccccc1. The fourth-order valence-corrected chi connectivity index (χ4v) is 2.71. The van der Waals surface area contributed by atoms with Crippen molar-refractivity contribution in [1.82, 2.24) is 5.32 Å². The molecule has 1 unspecified atom stereocenters. The zero-order chi connectivity index (χ0) is 14.9. The third-order valence-corrected chi connectivity index (χ3v) is 3.69. The van der Waals surface area contributed by atoms with E-state index in [2.05, 4.69) is 79.5 Å². The molecule has 0 saturated carbocycles. The van der Waals surface area contributed by atoms with Crippen LogP contribution in [0.15, 0.2) is 73.3 Å². The minimum Gasteiger partial charge on any atom is -0.311 e. The molecular formula is C20H25N. The molecular weight excluding hydrogens is 254 g/mol. The highest BCUT2D eigenvalue weighted by atomic mass is 14.9. The monoisotopic (exact) mass is 279 g/mol. The normalized spacial score (nSPS) is 12.3. The molecule has 0 spiro atoms. The molecule has 0 heterocycles. The molecule has 0 radical (unpaired) electrons. The molecule has 0 fully saturated rings. The molecule has 1 N–H and O–H groups in total. The van der Waals surface area contributed by atoms with Crippen molar-refractivity contribution in [3.63, 3.8) is 0 Å². The van der Waals surface area contributed by atoms with Gasteiger partial charge in [-0.25, -0.2) is 0 Å². The molecule has 0 aliphatic carbocycles. The highest BCUT2D eigenvalue weighted by molar-refractivity contribution is 5.19. The highest BCUT2D eigenvalue weighted by Gasteiger charge is 2.13. The maximum Gasteiger partial charge on any atom is 0.0150 e. The standard InChI is InChI=1S/C20H25N/c1-3-10-17(2)21-20(15-18-11-6-4-7-12-18)16-19-13-8-5-9-14-19/h3-9,11-14,17,20-21H,1,10,15-16H2,2H3. The summed E-state index contributed by atoms with van der Waals surface area (Å²) in [6.45, 7) is 6.06. The van der Waals surface area contributed by atoms with Crippen molar-refractivity contribution in [2.75, 3.05) is 0 Å². The Morgan fingerprint density at radius 1 is 0.905 bits per heavy atom. The second-order valence-corrected chi connectivity index (χ2v) is 5.67. The fourth-order valence-electron chi connectivity index (χ4n) is 2.71. The number of rotatable bonds is 8. The van der Waals surface area contributed by atoms with Crippen LogP contribution in [0.2, 0.25) is 0 Å². The van der Waals surface area contributed by atoms with Crippen molar-refractivity contribution in [2.45, 2.75) is 38.3 Å². The van der Waals surface area contributed by atoms with Crippen LogP contribution >= 0.6 is 0 Å². The zero-order valence-electron chi connectivity index (χ0n) is 12.8. The number of hydrogen-bond donors (Lipinski definition) is 1. The summed E-state index contributed by atoms with van der Waals surface area (Å²) < 4.78 is 0. The molecule has 1 heteroatoms. The van der Waals surface area contributed by atoms with E-state index in [4.69, 9.17) is 0 Å². The Bertz CT molecular complexity index is 477. The molecule has 0 saturated heterocycles. The van der Waals surface area contributed by atoms with Crippen molar-refractivity contribution in [2.24, 2.45) is 0 Å². The Morgan fingerprint density at radius 3 is 1.81 bits per heavy atom. The van der Waals surface area contributed by atoms with Gasteiger partial charge in [0.15, 0.2) is 0 Å². The van der Waals surface area contributed by atoms with Crippen LogP contribution in [-0.4, -0.2) is 12.1 Å². The Morgan fingerprint density at radius 2 is 1.38 bits per heavy atom. The van der Waals surface area contributed by atoms with E-state index < -0.39 is 0 Å². The van der Waals surface area contributed by atoms with Gasteiger partial charge >= 0.3 is 0 Å². The summed E-state index contributed by atoms with van der Waals surface area (Å²) in [6.07, 6.45) is 5.09. The summed E-state index contributed by atoms with van der Waals surface area (Å²) in [7, 11) is 0. The molecule has 2 aromatic carbocycles. The first-order chi connectivity index (χ1) is 10.3. The summed E-state index contributed by atoms with van der Waals surface area (Å²) in [6, 6.07) is 22.3. The van der Waals surface area contributed by atoms with Crippen molar-refractivity contribution >= 4 is 0 Å². The quantitative estimate of drug-likeness (QED) is 0.706. The zero-order valence-corrected chi connectivity index (χ0v) is 12.8. The Hall–Kier alpha value is -1.86. The first kappa shape index (κ1) is 15.5. The second-order valence-electron chi connectivity index (χ2n) is 5.67. The van der Waals surface area contributed by atoms with E-state index in [1.165, 1.54) is 11.1 Å². The topological polar surface area (TPSA) is 12.0 Å². The summed E-state index contributed by atoms with van der Waals surface area (Å²) in [5.74, 6) is 0. The van der Waals surface area contributed by atoms with Crippen LogP contribution < -0.4 is 5.32 Å². The van der Waals surface area contributed by atoms with E-state index in [0.29, 0.717) is 12.1 Å². The van der Waals surface area contributed by atoms with Crippen LogP contribution in [0.4, 0.5) is 0 Å². The van der Waals surface area contributed by atoms with E-state index in [9.17, 15) is 0 Å². The van der Waals surface area contributed by atoms with E-state index >= 15 is 0 Å². The van der Waals surface area contributed by atoms with Gasteiger partial charge < -0.3 is 5.32 Å². The average molecular weight is 279 g/mol. The fraction of sp³-hybridized carbons (Fsp3) is 0.300. The first-order valence-electron chi connectivity index (χ1n) is 7.72. The number of nitrogens with one attached hydrogen (secondary N) is 1. The van der Waals surface area contributed by atoms with E-state index in [-0.39, 0.29) is 0 Å². The van der Waals surface area contributed by atoms with Crippen LogP contribution in [0, 0.1) is 0 Å². The third-order valence-electron chi connectivity index (χ3n) is 3.69. The summed E-state index contributed by atoms with van der Waals surface area (Å²) in [4.78, 5) is 0. The average Bonchev–Trinajstić information content (AvgIpc) is 2.49. The van der Waals surface area contributed by atoms with Gasteiger partial charge in [-0.2, -0.15) is 0 Å². The molecule has 0 amide bonds. The molecule has 1 nitrogen and oxygen atoms in total. The van der Waals surface area contributed by atoms with Gasteiger partial charge in [0.2, 0.25) is 0 Å². The molecule has 2 rings (SSSR count). The predicted molar refractivity (Wildman–Crippen MR) is 91.5 cm³/mol. The molecule has 0 aliphatic heterocycles. The second kappa shape index (κ2) is 8.43. The van der Waals surface area contributed by atoms with Crippen LogP contribution in [0.25, 0.3) is 0 Å². The van der Waals surface area contributed by atoms with Crippen LogP contribution in [-0.2, 0) is 12.8 Å². The predicted octanol–water partition coefficient (Wildman–Crippen LogP) is 4.39. The van der Waals surface area contributed by atoms with Gasteiger partial charge in [0.05, 0.1) is 0 Å². The maximum absolute atomic E-state index is 3.84. The Kier molecular flexibility index (Phi) is 6.23. The van der Waals surface area contributed by atoms with Gasteiger partial charge in [0.1, 0.15) is 0 Å². The lowest BCUT2D eigenvalue weighted by Gasteiger charge is -2.23. The molecule has 0 aliphatic rings. The lowest BCUT2D eigenvalue weighted by molar-refractivity contribution is 0.440. The van der Waals surface area contributed by atoms with Gasteiger partial charge in [-0.1, -0.05) is 66.7 Å². The lowest BCUT2D eigenvalue weighted by Crippen LogP contribution is -2.39. The molecule has 110 valence electrons. The molecule has 0 bridgehead atoms. The third kappa shape index (κ3) is 5.57. The molecule has 21 heavy (non-hydrogen) atoms. The van der Waals surface area contributed by atoms with Crippen molar-refractivity contribution in [1.29, 1.82) is 0 Å². The van der Waals surface area contributed by atoms with E-state index in [1.54, 1.807) is 0 Å². The minimum atomic E-state index is 0.449. The largest absolute Gasteiger partial charge is 0.311 e. The smallest absolute Gasteiger partial charge is 0.0150 e. The van der Waals surface area contributed by atoms with Crippen molar-refractivity contribution in [3.05, 3.63) is 84.4 Å². The lowest BCUT2D eigenvalue weighted by atomic mass is 9.98. The van der Waals surface area contributed by atoms with E-state index in [0.717, 1.165) is 19.3 Å². The van der Waals surface area contributed by atoms with Gasteiger partial charge in [-0.05, 0) is 37.3 Å². The van der Waals surface area contributed by atoms with Crippen LogP contribution in [0.5, 0.6) is 0 Å². The molecule has 0 aromatic heterocycles. The summed E-state index contributed by atoms with van der Waals surface area (Å²) in [5.41, 5.74) is 2.77. The molecule has 2 aromatic rings. The summed E-state index contributed by atoms with van der Waals surface area (Å²) in [5, 5.41) is 3.74. The van der Waals surface area contributed by atoms with Crippen molar-refractivity contribution in [3.8, 4) is 0 Å². The Labute approximate surface area is 128 Å². The highest BCUT2D eigenvalue weighted by Crippen LogP contribution is 2.10. The number of hydrogen-bond acceptors (Lipinski definition) is 1. The maximum atomic E-state index is 3.84. The van der Waals surface area contributed by atoms with Crippen LogP contribution in [0.3, 0.4) is 0 Å². The first-order valence-corrected chi connectivity index (χ1v) is 7.72. The van der Waals surface area contributed by atoms with Gasteiger partial charge in [-0.15, -0.1) is 6.58 Å². The molecule has 1 atom stereocenters.